The van der Waals surface area contributed by atoms with Crippen LogP contribution in [-0.2, 0) is 0 Å². The van der Waals surface area contributed by atoms with E-state index in [0.29, 0.717) is 22.8 Å². The van der Waals surface area contributed by atoms with Gasteiger partial charge in [0.05, 0.1) is 7.11 Å². The molecule has 100 valence electrons. The molecule has 1 aliphatic rings. The molecule has 1 aromatic heterocycles. The summed E-state index contributed by atoms with van der Waals surface area (Å²) in [4.78, 5) is 8.12. The number of nitrogens with two attached hydrogens (primary N) is 1. The first-order valence-electron chi connectivity index (χ1n) is 6.53. The Hall–Kier alpha value is -1.52. The van der Waals surface area contributed by atoms with E-state index >= 15 is 0 Å². The molecule has 2 rings (SSSR count). The van der Waals surface area contributed by atoms with Gasteiger partial charge in [0.15, 0.2) is 11.6 Å². The molecule has 5 nitrogen and oxygen atoms in total. The predicted octanol–water partition coefficient (Wildman–Crippen LogP) is 2.45. The molecule has 0 spiro atoms. The fourth-order valence-electron chi connectivity index (χ4n) is 2.59. The Kier molecular flexibility index (Phi) is 3.89. The molecule has 0 amide bonds. The highest BCUT2D eigenvalue weighted by atomic mass is 16.5. The van der Waals surface area contributed by atoms with Crippen LogP contribution in [0.2, 0.25) is 0 Å². The monoisotopic (exact) mass is 250 g/mol. The molecule has 0 radical (unpaired) electrons. The highest BCUT2D eigenvalue weighted by Crippen LogP contribution is 2.36. The van der Waals surface area contributed by atoms with Crippen LogP contribution in [0.5, 0.6) is 5.75 Å². The van der Waals surface area contributed by atoms with E-state index in [2.05, 4.69) is 22.2 Å². The minimum Gasteiger partial charge on any atom is -0.490 e. The van der Waals surface area contributed by atoms with Gasteiger partial charge >= 0.3 is 0 Å². The highest BCUT2D eigenvalue weighted by molar-refractivity contribution is 5.61. The SMILES string of the molecule is COc1c(N)ncnc1NCC1(C)CCCCC1. The van der Waals surface area contributed by atoms with Crippen molar-refractivity contribution in [1.29, 1.82) is 0 Å². The zero-order valence-electron chi connectivity index (χ0n) is 11.2. The fraction of sp³-hybridized carbons (Fsp3) is 0.692. The minimum atomic E-state index is 0.350. The van der Waals surface area contributed by atoms with Gasteiger partial charge < -0.3 is 15.8 Å². The van der Waals surface area contributed by atoms with E-state index in [9.17, 15) is 0 Å². The number of ether oxygens (including phenoxy) is 1. The fourth-order valence-corrected chi connectivity index (χ4v) is 2.59. The maximum absolute atomic E-state index is 5.76. The van der Waals surface area contributed by atoms with Crippen molar-refractivity contribution < 1.29 is 4.74 Å². The number of nitrogens with one attached hydrogen (secondary N) is 1. The van der Waals surface area contributed by atoms with Gasteiger partial charge in [-0.3, -0.25) is 0 Å². The Labute approximate surface area is 108 Å². The Morgan fingerprint density at radius 1 is 1.33 bits per heavy atom. The van der Waals surface area contributed by atoms with Crippen molar-refractivity contribution in [1.82, 2.24) is 9.97 Å². The summed E-state index contributed by atoms with van der Waals surface area (Å²) in [5.41, 5.74) is 6.11. The van der Waals surface area contributed by atoms with E-state index in [1.807, 2.05) is 0 Å². The van der Waals surface area contributed by atoms with E-state index in [-0.39, 0.29) is 0 Å². The maximum Gasteiger partial charge on any atom is 0.203 e. The van der Waals surface area contributed by atoms with Crippen molar-refractivity contribution in [3.05, 3.63) is 6.33 Å². The van der Waals surface area contributed by atoms with Crippen LogP contribution in [-0.4, -0.2) is 23.6 Å². The first-order chi connectivity index (χ1) is 8.64. The van der Waals surface area contributed by atoms with Crippen molar-refractivity contribution in [2.24, 2.45) is 5.41 Å². The lowest BCUT2D eigenvalue weighted by Crippen LogP contribution is -2.29. The average Bonchev–Trinajstić information content (AvgIpc) is 2.37. The van der Waals surface area contributed by atoms with Gasteiger partial charge in [0.2, 0.25) is 5.75 Å². The summed E-state index contributed by atoms with van der Waals surface area (Å²) < 4.78 is 5.24. The molecule has 0 aliphatic heterocycles. The van der Waals surface area contributed by atoms with Gasteiger partial charge in [-0.1, -0.05) is 26.2 Å². The molecule has 1 aromatic rings. The number of aromatic nitrogens is 2. The summed E-state index contributed by atoms with van der Waals surface area (Å²) in [6.07, 6.45) is 8.00. The third kappa shape index (κ3) is 2.83. The largest absolute Gasteiger partial charge is 0.490 e. The van der Waals surface area contributed by atoms with Crippen LogP contribution in [0.15, 0.2) is 6.33 Å². The number of anilines is 2. The smallest absolute Gasteiger partial charge is 0.203 e. The second kappa shape index (κ2) is 5.42. The molecule has 1 fully saturated rings. The molecule has 0 atom stereocenters. The summed E-state index contributed by atoms with van der Waals surface area (Å²) in [7, 11) is 1.59. The van der Waals surface area contributed by atoms with Gasteiger partial charge in [-0.15, -0.1) is 0 Å². The van der Waals surface area contributed by atoms with Gasteiger partial charge in [0, 0.05) is 6.54 Å². The standard InChI is InChI=1S/C13H22N4O/c1-13(6-4-3-5-7-13)8-15-12-10(18-2)11(14)16-9-17-12/h9H,3-8H2,1-2H3,(H3,14,15,16,17). The Bertz CT molecular complexity index is 402. The molecule has 1 saturated carbocycles. The third-order valence-electron chi connectivity index (χ3n) is 3.78. The van der Waals surface area contributed by atoms with Crippen molar-refractivity contribution in [3.63, 3.8) is 0 Å². The van der Waals surface area contributed by atoms with Crippen LogP contribution >= 0.6 is 0 Å². The molecule has 0 bridgehead atoms. The van der Waals surface area contributed by atoms with Gasteiger partial charge in [0.1, 0.15) is 6.33 Å². The van der Waals surface area contributed by atoms with Gasteiger partial charge in [-0.25, -0.2) is 9.97 Å². The Balaban J connectivity index is 2.03. The predicted molar refractivity (Wildman–Crippen MR) is 72.7 cm³/mol. The van der Waals surface area contributed by atoms with Crippen molar-refractivity contribution in [2.75, 3.05) is 24.7 Å². The number of methoxy groups -OCH3 is 1. The van der Waals surface area contributed by atoms with Crippen molar-refractivity contribution in [3.8, 4) is 5.75 Å². The lowest BCUT2D eigenvalue weighted by Gasteiger charge is -2.33. The van der Waals surface area contributed by atoms with Crippen LogP contribution in [0.1, 0.15) is 39.0 Å². The van der Waals surface area contributed by atoms with Gasteiger partial charge in [0.25, 0.3) is 0 Å². The van der Waals surface area contributed by atoms with Crippen LogP contribution in [0, 0.1) is 5.41 Å². The van der Waals surface area contributed by atoms with Crippen LogP contribution in [0.4, 0.5) is 11.6 Å². The number of nitrogen functional groups attached to an aromatic ring is 1. The summed E-state index contributed by atoms with van der Waals surface area (Å²) in [5.74, 6) is 1.61. The zero-order chi connectivity index (χ0) is 13.0. The lowest BCUT2D eigenvalue weighted by molar-refractivity contribution is 0.233. The van der Waals surface area contributed by atoms with E-state index in [0.717, 1.165) is 6.54 Å². The maximum atomic E-state index is 5.76. The van der Waals surface area contributed by atoms with Crippen LogP contribution in [0.25, 0.3) is 0 Å². The summed E-state index contributed by atoms with van der Waals surface area (Å²) >= 11 is 0. The molecule has 1 heterocycles. The number of nitrogens with zero attached hydrogens (tertiary/aromatic N) is 2. The quantitative estimate of drug-likeness (QED) is 0.858. The van der Waals surface area contributed by atoms with Crippen molar-refractivity contribution in [2.45, 2.75) is 39.0 Å². The molecule has 0 unspecified atom stereocenters. The lowest BCUT2D eigenvalue weighted by atomic mass is 9.76. The Morgan fingerprint density at radius 3 is 2.72 bits per heavy atom. The number of hydrogen-bond donors (Lipinski definition) is 2. The second-order valence-electron chi connectivity index (χ2n) is 5.37. The molecule has 5 heteroatoms. The average molecular weight is 250 g/mol. The van der Waals surface area contributed by atoms with Crippen LogP contribution < -0.4 is 15.8 Å². The minimum absolute atomic E-state index is 0.350. The summed E-state index contributed by atoms with van der Waals surface area (Å²) in [6, 6.07) is 0. The van der Waals surface area contributed by atoms with Crippen molar-refractivity contribution >= 4 is 11.6 Å². The van der Waals surface area contributed by atoms with E-state index < -0.39 is 0 Å². The Morgan fingerprint density at radius 2 is 2.06 bits per heavy atom. The third-order valence-corrected chi connectivity index (χ3v) is 3.78. The van der Waals surface area contributed by atoms with Gasteiger partial charge in [-0.2, -0.15) is 0 Å². The van der Waals surface area contributed by atoms with E-state index in [1.54, 1.807) is 7.11 Å². The summed E-state index contributed by atoms with van der Waals surface area (Å²) in [6.45, 7) is 3.23. The van der Waals surface area contributed by atoms with E-state index in [4.69, 9.17) is 10.5 Å². The first kappa shape index (κ1) is 12.9. The molecular weight excluding hydrogens is 228 g/mol. The van der Waals surface area contributed by atoms with Gasteiger partial charge in [-0.05, 0) is 18.3 Å². The topological polar surface area (TPSA) is 73.1 Å². The molecule has 0 aromatic carbocycles. The molecule has 1 aliphatic carbocycles. The number of rotatable bonds is 4. The van der Waals surface area contributed by atoms with E-state index in [1.165, 1.54) is 38.4 Å². The summed E-state index contributed by atoms with van der Waals surface area (Å²) in [5, 5.41) is 3.36. The molecule has 3 N–H and O–H groups in total. The molecule has 18 heavy (non-hydrogen) atoms. The number of hydrogen-bond acceptors (Lipinski definition) is 5. The van der Waals surface area contributed by atoms with Crippen LogP contribution in [0.3, 0.4) is 0 Å². The zero-order valence-corrected chi connectivity index (χ0v) is 11.2. The molecule has 0 saturated heterocycles. The second-order valence-corrected chi connectivity index (χ2v) is 5.37. The normalized spacial score (nSPS) is 18.3. The molecular formula is C13H22N4O. The highest BCUT2D eigenvalue weighted by Gasteiger charge is 2.27. The first-order valence-corrected chi connectivity index (χ1v) is 6.53.